The van der Waals surface area contributed by atoms with Crippen LogP contribution in [0.15, 0.2) is 29.1 Å². The molecule has 21 heavy (non-hydrogen) atoms. The van der Waals surface area contributed by atoms with Crippen molar-refractivity contribution >= 4 is 16.8 Å². The van der Waals surface area contributed by atoms with Crippen molar-refractivity contribution in [3.05, 3.63) is 46.0 Å². The average Bonchev–Trinajstić information content (AvgIpc) is 2.41. The van der Waals surface area contributed by atoms with Gasteiger partial charge in [0, 0.05) is 18.0 Å². The lowest BCUT2D eigenvalue weighted by Crippen LogP contribution is -2.47. The first-order valence-electron chi connectivity index (χ1n) is 6.80. The molecular formula is C15H15FN2O3. The minimum atomic E-state index is -0.835. The fourth-order valence-corrected chi connectivity index (χ4v) is 2.52. The van der Waals surface area contributed by atoms with Gasteiger partial charge in [-0.05, 0) is 37.5 Å². The molecule has 0 radical (unpaired) electrons. The number of pyridine rings is 1. The van der Waals surface area contributed by atoms with Gasteiger partial charge >= 0.3 is 0 Å². The van der Waals surface area contributed by atoms with Crippen LogP contribution in [-0.2, 0) is 0 Å². The molecule has 0 spiro atoms. The van der Waals surface area contributed by atoms with E-state index in [-0.39, 0.29) is 17.6 Å². The van der Waals surface area contributed by atoms with E-state index < -0.39 is 22.9 Å². The number of rotatable bonds is 3. The van der Waals surface area contributed by atoms with Gasteiger partial charge in [0.1, 0.15) is 5.82 Å². The molecular weight excluding hydrogens is 275 g/mol. The van der Waals surface area contributed by atoms with Crippen molar-refractivity contribution in [2.24, 2.45) is 0 Å². The van der Waals surface area contributed by atoms with Crippen molar-refractivity contribution in [3.63, 3.8) is 0 Å². The van der Waals surface area contributed by atoms with E-state index >= 15 is 0 Å². The van der Waals surface area contributed by atoms with Crippen LogP contribution >= 0.6 is 0 Å². The summed E-state index contributed by atoms with van der Waals surface area (Å²) in [7, 11) is 0. The predicted molar refractivity (Wildman–Crippen MR) is 75.7 cm³/mol. The highest BCUT2D eigenvalue weighted by atomic mass is 19.1. The Balaban J connectivity index is 1.91. The lowest BCUT2D eigenvalue weighted by molar-refractivity contribution is -0.0300. The molecule has 3 N–H and O–H groups in total. The standard InChI is InChI=1S/C15H15FN2O3/c16-9-2-3-10-11(7-13(19)18-12(10)6-9)14(20)17-8-15(21)4-1-5-15/h2-3,6-7,21H,1,4-5,8H2,(H,17,20)(H,18,19). The molecule has 2 aromatic rings. The molecule has 6 heteroatoms. The van der Waals surface area contributed by atoms with Gasteiger partial charge in [-0.15, -0.1) is 0 Å². The molecule has 1 aromatic carbocycles. The van der Waals surface area contributed by atoms with Gasteiger partial charge in [-0.2, -0.15) is 0 Å². The summed E-state index contributed by atoms with van der Waals surface area (Å²) in [4.78, 5) is 26.3. The molecule has 1 fully saturated rings. The summed E-state index contributed by atoms with van der Waals surface area (Å²) in [5, 5.41) is 13.1. The van der Waals surface area contributed by atoms with Gasteiger partial charge in [-0.25, -0.2) is 4.39 Å². The second-order valence-corrected chi connectivity index (χ2v) is 5.50. The van der Waals surface area contributed by atoms with Gasteiger partial charge in [-0.3, -0.25) is 9.59 Å². The minimum absolute atomic E-state index is 0.154. The second kappa shape index (κ2) is 4.96. The summed E-state index contributed by atoms with van der Waals surface area (Å²) in [6.07, 6.45) is 2.27. The van der Waals surface area contributed by atoms with E-state index in [9.17, 15) is 19.1 Å². The topological polar surface area (TPSA) is 82.2 Å². The number of carbonyl (C=O) groups is 1. The Morgan fingerprint density at radius 1 is 1.38 bits per heavy atom. The van der Waals surface area contributed by atoms with E-state index in [1.54, 1.807) is 0 Å². The highest BCUT2D eigenvalue weighted by Gasteiger charge is 2.34. The molecule has 5 nitrogen and oxygen atoms in total. The van der Waals surface area contributed by atoms with E-state index in [2.05, 4.69) is 10.3 Å². The number of aromatic nitrogens is 1. The van der Waals surface area contributed by atoms with Crippen LogP contribution in [0.2, 0.25) is 0 Å². The number of aliphatic hydroxyl groups is 1. The third kappa shape index (κ3) is 2.67. The quantitative estimate of drug-likeness (QED) is 0.797. The molecule has 0 bridgehead atoms. The Morgan fingerprint density at radius 3 is 2.81 bits per heavy atom. The van der Waals surface area contributed by atoms with Crippen LogP contribution in [0.5, 0.6) is 0 Å². The number of hydrogen-bond acceptors (Lipinski definition) is 3. The van der Waals surface area contributed by atoms with Crippen molar-refractivity contribution < 1.29 is 14.3 Å². The summed E-state index contributed by atoms with van der Waals surface area (Å²) in [6, 6.07) is 5.04. The van der Waals surface area contributed by atoms with Gasteiger partial charge in [0.2, 0.25) is 5.56 Å². The molecule has 0 aliphatic heterocycles. The number of halogens is 1. The van der Waals surface area contributed by atoms with E-state index in [4.69, 9.17) is 0 Å². The summed E-state index contributed by atoms with van der Waals surface area (Å²) >= 11 is 0. The van der Waals surface area contributed by atoms with Crippen molar-refractivity contribution in [1.82, 2.24) is 10.3 Å². The number of hydrogen-bond donors (Lipinski definition) is 3. The Labute approximate surface area is 119 Å². The van der Waals surface area contributed by atoms with Crippen LogP contribution < -0.4 is 10.9 Å². The molecule has 0 saturated heterocycles. The zero-order chi connectivity index (χ0) is 15.0. The monoisotopic (exact) mass is 290 g/mol. The van der Waals surface area contributed by atoms with Crippen molar-refractivity contribution in [2.45, 2.75) is 24.9 Å². The summed E-state index contributed by atoms with van der Waals surface area (Å²) in [5.74, 6) is -0.933. The molecule has 0 atom stereocenters. The van der Waals surface area contributed by atoms with Crippen LogP contribution in [-0.4, -0.2) is 28.1 Å². The minimum Gasteiger partial charge on any atom is -0.388 e. The Morgan fingerprint density at radius 2 is 2.14 bits per heavy atom. The first-order chi connectivity index (χ1) is 9.97. The number of aromatic amines is 1. The van der Waals surface area contributed by atoms with Gasteiger partial charge in [0.25, 0.3) is 5.91 Å². The van der Waals surface area contributed by atoms with Crippen molar-refractivity contribution in [2.75, 3.05) is 6.54 Å². The fourth-order valence-electron chi connectivity index (χ4n) is 2.52. The molecule has 110 valence electrons. The number of H-pyrrole nitrogens is 1. The van der Waals surface area contributed by atoms with Crippen molar-refractivity contribution in [3.8, 4) is 0 Å². The molecule has 3 rings (SSSR count). The molecule has 1 saturated carbocycles. The van der Waals surface area contributed by atoms with Gasteiger partial charge in [-0.1, -0.05) is 0 Å². The molecule has 1 aliphatic rings. The second-order valence-electron chi connectivity index (χ2n) is 5.50. The summed E-state index contributed by atoms with van der Waals surface area (Å²) in [5.41, 5.74) is -0.856. The SMILES string of the molecule is O=C(NCC1(O)CCC1)c1cc(=O)[nH]c2cc(F)ccc12. The van der Waals surface area contributed by atoms with Crippen LogP contribution in [0.4, 0.5) is 4.39 Å². The first kappa shape index (κ1) is 13.8. The largest absolute Gasteiger partial charge is 0.388 e. The molecule has 1 aromatic heterocycles. The van der Waals surface area contributed by atoms with Gasteiger partial charge < -0.3 is 15.4 Å². The fraction of sp³-hybridized carbons (Fsp3) is 0.333. The molecule has 1 aliphatic carbocycles. The molecule has 1 heterocycles. The lowest BCUT2D eigenvalue weighted by atomic mass is 9.80. The number of amides is 1. The van der Waals surface area contributed by atoms with E-state index in [1.165, 1.54) is 24.3 Å². The number of benzene rings is 1. The Bertz CT molecular complexity index is 765. The summed E-state index contributed by atoms with van der Waals surface area (Å²) in [6.45, 7) is 0.154. The number of nitrogens with one attached hydrogen (secondary N) is 2. The third-order valence-corrected chi connectivity index (χ3v) is 3.91. The van der Waals surface area contributed by atoms with E-state index in [1.807, 2.05) is 0 Å². The smallest absolute Gasteiger partial charge is 0.252 e. The zero-order valence-electron chi connectivity index (χ0n) is 11.3. The van der Waals surface area contributed by atoms with Crippen molar-refractivity contribution in [1.29, 1.82) is 0 Å². The van der Waals surface area contributed by atoms with Gasteiger partial charge in [0.05, 0.1) is 16.7 Å². The van der Waals surface area contributed by atoms with E-state index in [0.29, 0.717) is 18.2 Å². The summed E-state index contributed by atoms with van der Waals surface area (Å²) < 4.78 is 13.2. The Hall–Kier alpha value is -2.21. The maximum Gasteiger partial charge on any atom is 0.252 e. The number of fused-ring (bicyclic) bond motifs is 1. The van der Waals surface area contributed by atoms with Crippen LogP contribution in [0.3, 0.4) is 0 Å². The molecule has 0 unspecified atom stereocenters. The highest BCUT2D eigenvalue weighted by molar-refractivity contribution is 6.05. The first-order valence-corrected chi connectivity index (χ1v) is 6.80. The lowest BCUT2D eigenvalue weighted by Gasteiger charge is -2.36. The van der Waals surface area contributed by atoms with Crippen LogP contribution in [0.25, 0.3) is 10.9 Å². The Kier molecular flexibility index (Phi) is 3.25. The van der Waals surface area contributed by atoms with Crippen LogP contribution in [0.1, 0.15) is 29.6 Å². The maximum atomic E-state index is 13.2. The zero-order valence-corrected chi connectivity index (χ0v) is 11.3. The highest BCUT2D eigenvalue weighted by Crippen LogP contribution is 2.30. The van der Waals surface area contributed by atoms with E-state index in [0.717, 1.165) is 6.42 Å². The van der Waals surface area contributed by atoms with Crippen LogP contribution in [0, 0.1) is 5.82 Å². The van der Waals surface area contributed by atoms with Gasteiger partial charge in [0.15, 0.2) is 0 Å². The average molecular weight is 290 g/mol. The normalized spacial score (nSPS) is 16.5. The number of carbonyl (C=O) groups excluding carboxylic acids is 1. The maximum absolute atomic E-state index is 13.2. The third-order valence-electron chi connectivity index (χ3n) is 3.91. The predicted octanol–water partition coefficient (Wildman–Crippen LogP) is 1.31. The molecule has 1 amide bonds.